The number of carboxylic acids is 2. The first kappa shape index (κ1) is 29.7. The van der Waals surface area contributed by atoms with E-state index in [-0.39, 0.29) is 6.42 Å². The largest absolute Gasteiger partial charge is 0.481 e. The third-order valence-corrected chi connectivity index (χ3v) is 4.91. The fourth-order valence-electron chi connectivity index (χ4n) is 2.64. The van der Waals surface area contributed by atoms with Gasteiger partial charge in [0.15, 0.2) is 0 Å². The molecule has 1 rings (SSSR count). The minimum Gasteiger partial charge on any atom is -0.481 e. The van der Waals surface area contributed by atoms with Gasteiger partial charge in [-0.1, -0.05) is 30.3 Å². The highest BCUT2D eigenvalue weighted by Gasteiger charge is 2.30. The molecule has 0 bridgehead atoms. The molecule has 0 aliphatic rings. The molecule has 3 amide bonds. The fraction of sp³-hybridized carbons (Fsp3) is 0.421. The summed E-state index contributed by atoms with van der Waals surface area (Å²) in [6, 6.07) is 2.50. The van der Waals surface area contributed by atoms with Crippen LogP contribution in [0.4, 0.5) is 0 Å². The molecule has 0 spiro atoms. The summed E-state index contributed by atoms with van der Waals surface area (Å²) in [7, 11) is -4.89. The summed E-state index contributed by atoms with van der Waals surface area (Å²) in [6.07, 6.45) is -0.946. The molecule has 0 saturated heterocycles. The first-order valence-corrected chi connectivity index (χ1v) is 11.6. The topological polar surface area (TPSA) is 255 Å². The summed E-state index contributed by atoms with van der Waals surface area (Å²) in [5.74, 6) is -5.86. The number of hydrogen-bond acceptors (Lipinski definition) is 8. The molecule has 194 valence electrons. The van der Waals surface area contributed by atoms with Crippen molar-refractivity contribution in [3.63, 3.8) is 0 Å². The van der Waals surface area contributed by atoms with Gasteiger partial charge in [-0.15, -0.1) is 0 Å². The fourth-order valence-corrected chi connectivity index (χ4v) is 3.00. The van der Waals surface area contributed by atoms with Crippen molar-refractivity contribution < 1.29 is 53.1 Å². The van der Waals surface area contributed by atoms with Gasteiger partial charge in [0, 0.05) is 6.42 Å². The number of hydrogen-bond donors (Lipinski definition) is 8. The summed E-state index contributed by atoms with van der Waals surface area (Å²) in [6.45, 7) is 0.378. The Morgan fingerprint density at radius 1 is 0.943 bits per heavy atom. The third-order valence-electron chi connectivity index (χ3n) is 4.42. The zero-order valence-electron chi connectivity index (χ0n) is 18.5. The molecule has 15 nitrogen and oxygen atoms in total. The molecule has 0 saturated carbocycles. The van der Waals surface area contributed by atoms with E-state index in [0.717, 1.165) is 0 Å². The van der Waals surface area contributed by atoms with E-state index in [2.05, 4.69) is 15.2 Å². The van der Waals surface area contributed by atoms with Crippen LogP contribution in [-0.4, -0.2) is 80.4 Å². The van der Waals surface area contributed by atoms with Crippen molar-refractivity contribution in [2.45, 2.75) is 43.9 Å². The highest BCUT2D eigenvalue weighted by Crippen LogP contribution is 2.35. The number of amides is 3. The first-order chi connectivity index (χ1) is 16.2. The lowest BCUT2D eigenvalue weighted by atomic mass is 10.0. The van der Waals surface area contributed by atoms with Gasteiger partial charge >= 0.3 is 19.8 Å². The highest BCUT2D eigenvalue weighted by atomic mass is 31.2. The lowest BCUT2D eigenvalue weighted by Gasteiger charge is -2.23. The molecule has 1 aromatic carbocycles. The number of phosphoric ester groups is 1. The van der Waals surface area contributed by atoms with Crippen molar-refractivity contribution >= 4 is 37.5 Å². The van der Waals surface area contributed by atoms with E-state index in [4.69, 9.17) is 25.7 Å². The van der Waals surface area contributed by atoms with Crippen LogP contribution in [0, 0.1) is 0 Å². The average molecular weight is 518 g/mol. The molecule has 9 N–H and O–H groups in total. The number of phosphoric acid groups is 1. The number of carbonyl (C=O) groups is 5. The summed E-state index contributed by atoms with van der Waals surface area (Å²) in [4.78, 5) is 76.9. The number of carboxylic acid groups (broad SMARTS) is 2. The average Bonchev–Trinajstić information content (AvgIpc) is 2.76. The van der Waals surface area contributed by atoms with Gasteiger partial charge in [-0.25, -0.2) is 9.36 Å². The number of aliphatic carboxylic acids is 2. The number of carbonyl (C=O) groups excluding carboxylic acids is 3. The molecular weight excluding hydrogens is 491 g/mol. The molecule has 0 heterocycles. The monoisotopic (exact) mass is 518 g/mol. The van der Waals surface area contributed by atoms with E-state index >= 15 is 0 Å². The van der Waals surface area contributed by atoms with Crippen LogP contribution in [0.5, 0.6) is 0 Å². The Labute approximate surface area is 199 Å². The lowest BCUT2D eigenvalue weighted by Crippen LogP contribution is -2.57. The van der Waals surface area contributed by atoms with E-state index in [1.165, 1.54) is 6.92 Å². The van der Waals surface area contributed by atoms with E-state index < -0.39 is 74.7 Å². The Balaban J connectivity index is 2.91. The molecular formula is C19H27N4O11P. The van der Waals surface area contributed by atoms with Crippen molar-refractivity contribution in [2.24, 2.45) is 5.73 Å². The van der Waals surface area contributed by atoms with E-state index in [1.807, 2.05) is 5.32 Å². The third kappa shape index (κ3) is 11.6. The van der Waals surface area contributed by atoms with Crippen LogP contribution >= 0.6 is 7.82 Å². The van der Waals surface area contributed by atoms with Gasteiger partial charge in [0.05, 0.1) is 13.0 Å². The van der Waals surface area contributed by atoms with Crippen LogP contribution in [0.1, 0.15) is 18.9 Å². The Kier molecular flexibility index (Phi) is 11.5. The van der Waals surface area contributed by atoms with Crippen LogP contribution in [0.2, 0.25) is 0 Å². The predicted molar refractivity (Wildman–Crippen MR) is 117 cm³/mol. The van der Waals surface area contributed by atoms with Gasteiger partial charge in [0.2, 0.25) is 17.7 Å². The van der Waals surface area contributed by atoms with Crippen LogP contribution in [0.15, 0.2) is 30.3 Å². The molecule has 1 aromatic rings. The van der Waals surface area contributed by atoms with Gasteiger partial charge in [-0.05, 0) is 12.5 Å². The molecule has 0 aliphatic heterocycles. The van der Waals surface area contributed by atoms with Crippen LogP contribution in [0.3, 0.4) is 0 Å². The maximum absolute atomic E-state index is 12.8. The second-order valence-electron chi connectivity index (χ2n) is 7.37. The van der Waals surface area contributed by atoms with Gasteiger partial charge in [-0.3, -0.25) is 23.7 Å². The lowest BCUT2D eigenvalue weighted by molar-refractivity contribution is -0.147. The van der Waals surface area contributed by atoms with E-state index in [0.29, 0.717) is 5.56 Å². The van der Waals surface area contributed by atoms with Gasteiger partial charge in [0.25, 0.3) is 0 Å². The second kappa shape index (κ2) is 13.5. The highest BCUT2D eigenvalue weighted by molar-refractivity contribution is 7.46. The van der Waals surface area contributed by atoms with Crippen LogP contribution in [-0.2, 0) is 39.5 Å². The number of benzene rings is 1. The molecule has 0 radical (unpaired) electrons. The minimum atomic E-state index is -4.89. The zero-order valence-corrected chi connectivity index (χ0v) is 19.4. The number of rotatable bonds is 14. The van der Waals surface area contributed by atoms with Crippen molar-refractivity contribution in [2.75, 3.05) is 6.61 Å². The van der Waals surface area contributed by atoms with Crippen LogP contribution in [0.25, 0.3) is 0 Å². The standard InChI is InChI=1S/C19H27N4O11P/c1-10(16(26)23-14(19(29)30)8-15(24)25)21-18(28)13(7-11-5-3-2-4-6-11)22-17(27)12(20)9-34-35(31,32)33/h2-6,10,12-14H,7-9,20H2,1H3,(H,21,28)(H,22,27)(H,23,26)(H,24,25)(H,29,30)(H2,31,32,33)/t10-,12-,13-,14-/m0/s1. The maximum Gasteiger partial charge on any atom is 0.469 e. The van der Waals surface area contributed by atoms with Crippen molar-refractivity contribution in [3.8, 4) is 0 Å². The molecule has 0 aromatic heterocycles. The molecule has 4 atom stereocenters. The Hall–Kier alpha value is -3.36. The SMILES string of the molecule is C[C@H](NC(=O)[C@H](Cc1ccccc1)NC(=O)[C@@H](N)COP(=O)(O)O)C(=O)N[C@@H](CC(=O)O)C(=O)O. The molecule has 0 unspecified atom stereocenters. The van der Waals surface area contributed by atoms with Crippen molar-refractivity contribution in [1.29, 1.82) is 0 Å². The zero-order chi connectivity index (χ0) is 26.8. The molecule has 0 aliphatic carbocycles. The molecule has 16 heteroatoms. The van der Waals surface area contributed by atoms with Crippen molar-refractivity contribution in [3.05, 3.63) is 35.9 Å². The quantitative estimate of drug-likeness (QED) is 0.121. The number of nitrogens with two attached hydrogens (primary N) is 1. The summed E-state index contributed by atoms with van der Waals surface area (Å²) >= 11 is 0. The van der Waals surface area contributed by atoms with E-state index in [1.54, 1.807) is 30.3 Å². The summed E-state index contributed by atoms with van der Waals surface area (Å²) in [5, 5.41) is 24.4. The van der Waals surface area contributed by atoms with Gasteiger partial charge in [-0.2, -0.15) is 0 Å². The van der Waals surface area contributed by atoms with Gasteiger partial charge < -0.3 is 41.7 Å². The Morgan fingerprint density at radius 2 is 1.51 bits per heavy atom. The summed E-state index contributed by atoms with van der Waals surface area (Å²) in [5.41, 5.74) is 6.17. The summed E-state index contributed by atoms with van der Waals surface area (Å²) < 4.78 is 15.0. The predicted octanol–water partition coefficient (Wildman–Crippen LogP) is -2.30. The normalized spacial score (nSPS) is 14.6. The molecule has 35 heavy (non-hydrogen) atoms. The smallest absolute Gasteiger partial charge is 0.469 e. The number of nitrogens with one attached hydrogen (secondary N) is 3. The Morgan fingerprint density at radius 3 is 2.03 bits per heavy atom. The first-order valence-electron chi connectivity index (χ1n) is 10.0. The van der Waals surface area contributed by atoms with E-state index in [9.17, 15) is 28.5 Å². The maximum atomic E-state index is 12.8. The minimum absolute atomic E-state index is 0.0599. The Bertz CT molecular complexity index is 969. The van der Waals surface area contributed by atoms with Crippen LogP contribution < -0.4 is 21.7 Å². The van der Waals surface area contributed by atoms with Gasteiger partial charge in [0.1, 0.15) is 24.2 Å². The van der Waals surface area contributed by atoms with Crippen molar-refractivity contribution in [1.82, 2.24) is 16.0 Å². The molecule has 0 fully saturated rings. The second-order valence-corrected chi connectivity index (χ2v) is 8.61.